The molecule has 0 saturated heterocycles. The zero-order valence-corrected chi connectivity index (χ0v) is 27.9. The molecule has 35 heavy (non-hydrogen) atoms. The van der Waals surface area contributed by atoms with Crippen molar-refractivity contribution in [3.63, 3.8) is 0 Å². The molecule has 0 heterocycles. The first kappa shape index (κ1) is 31.6. The van der Waals surface area contributed by atoms with Crippen molar-refractivity contribution in [1.29, 1.82) is 0 Å². The van der Waals surface area contributed by atoms with E-state index in [-0.39, 0.29) is 24.8 Å². The Kier molecular flexibility index (Phi) is 10.5. The maximum atomic E-state index is 2.70. The smallest absolute Gasteiger partial charge is 1.00 e. The first-order chi connectivity index (χ1) is 15.4. The van der Waals surface area contributed by atoms with E-state index in [2.05, 4.69) is 67.5 Å². The van der Waals surface area contributed by atoms with E-state index in [1.54, 1.807) is 11.1 Å². The number of rotatable bonds is 4. The van der Waals surface area contributed by atoms with Crippen LogP contribution in [0.2, 0.25) is 0 Å². The average molecular weight is 597 g/mol. The number of hydrogen-bond acceptors (Lipinski definition) is 0. The Morgan fingerprint density at radius 1 is 0.571 bits per heavy atom. The van der Waals surface area contributed by atoms with Gasteiger partial charge in [0.2, 0.25) is 0 Å². The molecule has 0 atom stereocenters. The molecule has 2 saturated carbocycles. The second-order valence-corrected chi connectivity index (χ2v) is 16.9. The zero-order chi connectivity index (χ0) is 24.1. The van der Waals surface area contributed by atoms with Gasteiger partial charge in [-0.05, 0) is 0 Å². The summed E-state index contributed by atoms with van der Waals surface area (Å²) in [4.78, 5) is 0. The molecular weight excluding hydrogens is 546 g/mol. The predicted octanol–water partition coefficient (Wildman–Crippen LogP) is 4.28. The molecule has 0 aromatic carbocycles. The van der Waals surface area contributed by atoms with Crippen LogP contribution in [0.3, 0.4) is 0 Å². The van der Waals surface area contributed by atoms with Crippen LogP contribution in [0.25, 0.3) is 0 Å². The van der Waals surface area contributed by atoms with Crippen molar-refractivity contribution in [3.05, 3.63) is 41.0 Å². The molecule has 0 unspecified atom stereocenters. The molecule has 0 nitrogen and oxygen atoms in total. The van der Waals surface area contributed by atoms with Gasteiger partial charge in [0.15, 0.2) is 0 Å². The largest absolute Gasteiger partial charge is 1.00 e. The summed E-state index contributed by atoms with van der Waals surface area (Å²) in [5.74, 6) is 0. The second-order valence-electron chi connectivity index (χ2n) is 13.9. The Morgan fingerprint density at radius 2 is 0.886 bits per heavy atom. The van der Waals surface area contributed by atoms with E-state index in [1.165, 1.54) is 77.0 Å². The summed E-state index contributed by atoms with van der Waals surface area (Å²) in [5.41, 5.74) is 8.63. The van der Waals surface area contributed by atoms with Crippen molar-refractivity contribution in [2.24, 2.45) is 21.7 Å². The van der Waals surface area contributed by atoms with E-state index >= 15 is 0 Å². The van der Waals surface area contributed by atoms with Crippen molar-refractivity contribution >= 4 is 0 Å². The van der Waals surface area contributed by atoms with Crippen LogP contribution in [0, 0.1) is 21.7 Å². The summed E-state index contributed by atoms with van der Waals surface area (Å²) >= 11 is -0.857. The first-order valence-electron chi connectivity index (χ1n) is 14.0. The molecule has 0 bridgehead atoms. The Labute approximate surface area is 241 Å². The molecule has 4 aliphatic carbocycles. The minimum Gasteiger partial charge on any atom is -1.00 e. The third-order valence-electron chi connectivity index (χ3n) is 10.2. The molecule has 0 aliphatic heterocycles. The molecule has 0 spiro atoms. The average Bonchev–Trinajstić information content (AvgIpc) is 3.31. The van der Waals surface area contributed by atoms with Crippen LogP contribution in [-0.2, 0) is 23.2 Å². The molecular formula is C32H50Cl2Zr. The van der Waals surface area contributed by atoms with Gasteiger partial charge in [-0.2, -0.15) is 0 Å². The summed E-state index contributed by atoms with van der Waals surface area (Å²) in [5, 5.41) is 0. The summed E-state index contributed by atoms with van der Waals surface area (Å²) in [6.45, 7) is 20.2. The van der Waals surface area contributed by atoms with Crippen LogP contribution in [0.15, 0.2) is 41.0 Å². The molecule has 3 heteroatoms. The molecule has 2 fully saturated rings. The molecule has 4 rings (SSSR count). The van der Waals surface area contributed by atoms with Gasteiger partial charge < -0.3 is 24.8 Å². The standard InChI is InChI=1S/2C16H25.2ClH.Zr/c2*1-13-8-9-14(12-13)16(15(2,3)4)10-6-5-7-11-16;;;/h2*9H,5-8,10-11H2,1-4H3;2*1H;/q;;;;+2/p-2. The minimum atomic E-state index is -0.857. The van der Waals surface area contributed by atoms with Gasteiger partial charge in [-0.25, -0.2) is 0 Å². The van der Waals surface area contributed by atoms with Gasteiger partial charge in [0.05, 0.1) is 0 Å². The van der Waals surface area contributed by atoms with Crippen LogP contribution < -0.4 is 24.8 Å². The zero-order valence-electron chi connectivity index (χ0n) is 23.9. The first-order valence-corrected chi connectivity index (χ1v) is 16.5. The Bertz CT molecular complexity index is 815. The van der Waals surface area contributed by atoms with E-state index in [1.807, 2.05) is 17.7 Å². The van der Waals surface area contributed by atoms with Crippen LogP contribution in [-0.4, -0.2) is 0 Å². The Morgan fingerprint density at radius 3 is 1.17 bits per heavy atom. The van der Waals surface area contributed by atoms with Crippen molar-refractivity contribution in [2.45, 2.75) is 132 Å². The fourth-order valence-corrected chi connectivity index (χ4v) is 12.4. The molecule has 0 amide bonds. The summed E-state index contributed by atoms with van der Waals surface area (Å²) in [6, 6.07) is 0. The fourth-order valence-electron chi connectivity index (χ4n) is 7.88. The Hall–Kier alpha value is 0.423. The van der Waals surface area contributed by atoms with Crippen LogP contribution in [0.5, 0.6) is 0 Å². The van der Waals surface area contributed by atoms with Gasteiger partial charge in [-0.3, -0.25) is 0 Å². The quantitative estimate of drug-likeness (QED) is 0.455. The third-order valence-corrected chi connectivity index (χ3v) is 14.8. The maximum absolute atomic E-state index is 2.70. The number of halogens is 2. The minimum absolute atomic E-state index is 0. The van der Waals surface area contributed by atoms with E-state index in [9.17, 15) is 0 Å². The van der Waals surface area contributed by atoms with E-state index in [0.29, 0.717) is 21.7 Å². The van der Waals surface area contributed by atoms with E-state index in [4.69, 9.17) is 0 Å². The van der Waals surface area contributed by atoms with Gasteiger partial charge in [-0.1, -0.05) is 0 Å². The van der Waals surface area contributed by atoms with Gasteiger partial charge >= 0.3 is 218 Å². The normalized spacial score (nSPS) is 24.3. The Balaban J connectivity index is 0.00000216. The predicted molar refractivity (Wildman–Crippen MR) is 141 cm³/mol. The van der Waals surface area contributed by atoms with Crippen molar-refractivity contribution < 1.29 is 48.0 Å². The monoisotopic (exact) mass is 594 g/mol. The second kappa shape index (κ2) is 11.7. The maximum Gasteiger partial charge on any atom is -1.00 e. The third kappa shape index (κ3) is 5.59. The topological polar surface area (TPSA) is 0 Å². The fraction of sp³-hybridized carbons (Fsp3) is 0.750. The van der Waals surface area contributed by atoms with Crippen LogP contribution in [0.1, 0.15) is 132 Å². The summed E-state index contributed by atoms with van der Waals surface area (Å²) in [6.07, 6.45) is 22.1. The van der Waals surface area contributed by atoms with Gasteiger partial charge in [0.1, 0.15) is 0 Å². The number of hydrogen-bond donors (Lipinski definition) is 0. The van der Waals surface area contributed by atoms with E-state index in [0.717, 1.165) is 0 Å². The van der Waals surface area contributed by atoms with Gasteiger partial charge in [0.25, 0.3) is 0 Å². The number of allylic oxidation sites excluding steroid dienone is 8. The molecule has 0 N–H and O–H groups in total. The van der Waals surface area contributed by atoms with Gasteiger partial charge in [-0.15, -0.1) is 0 Å². The summed E-state index contributed by atoms with van der Waals surface area (Å²) < 4.78 is 3.80. The van der Waals surface area contributed by atoms with Gasteiger partial charge in [0, 0.05) is 0 Å². The van der Waals surface area contributed by atoms with Crippen LogP contribution in [0.4, 0.5) is 0 Å². The van der Waals surface area contributed by atoms with Crippen molar-refractivity contribution in [2.75, 3.05) is 0 Å². The molecule has 4 aliphatic rings. The SMILES string of the molecule is CC1=[C]([Zr+2][C]2=C(C)CC=C2C2(C(C)(C)C)CCCCC2)C(C2(C(C)(C)C)CCCCC2)=CC1.[Cl-].[Cl-]. The molecule has 0 aromatic heterocycles. The summed E-state index contributed by atoms with van der Waals surface area (Å²) in [7, 11) is 0. The van der Waals surface area contributed by atoms with Crippen molar-refractivity contribution in [1.82, 2.24) is 0 Å². The molecule has 196 valence electrons. The molecule has 0 radical (unpaired) electrons. The van der Waals surface area contributed by atoms with Crippen molar-refractivity contribution in [3.8, 4) is 0 Å². The van der Waals surface area contributed by atoms with E-state index < -0.39 is 23.2 Å². The van der Waals surface area contributed by atoms with Crippen LogP contribution >= 0.6 is 0 Å². The molecule has 0 aromatic rings.